The smallest absolute Gasteiger partial charge is 0.306 e. The van der Waals surface area contributed by atoms with Crippen molar-refractivity contribution >= 4 is 35.3 Å². The molecule has 0 unspecified atom stereocenters. The zero-order chi connectivity index (χ0) is 25.3. The fourth-order valence-electron chi connectivity index (χ4n) is 3.22. The molecule has 0 radical (unpaired) electrons. The molecule has 0 atom stereocenters. The third kappa shape index (κ3) is 5.94. The first kappa shape index (κ1) is 23.8. The molecule has 0 bridgehead atoms. The molecule has 10 heteroatoms. The fourth-order valence-corrected chi connectivity index (χ4v) is 3.22. The van der Waals surface area contributed by atoms with E-state index in [2.05, 4.69) is 31.2 Å². The lowest BCUT2D eigenvalue weighted by Crippen LogP contribution is -2.36. The van der Waals surface area contributed by atoms with Crippen LogP contribution in [-0.4, -0.2) is 33.8 Å². The van der Waals surface area contributed by atoms with E-state index in [4.69, 9.17) is 0 Å². The average molecular weight is 480 g/mol. The summed E-state index contributed by atoms with van der Waals surface area (Å²) in [6.07, 6.45) is 2.96. The second-order valence-electron chi connectivity index (χ2n) is 7.35. The molecule has 0 fully saturated rings. The number of carbonyl (C=O) groups is 4. The van der Waals surface area contributed by atoms with Gasteiger partial charge in [-0.3, -0.25) is 30.2 Å². The maximum Gasteiger partial charge on any atom is 0.326 e. The van der Waals surface area contributed by atoms with Crippen molar-refractivity contribution in [2.45, 2.75) is 0 Å². The van der Waals surface area contributed by atoms with Gasteiger partial charge in [0.1, 0.15) is 5.69 Å². The van der Waals surface area contributed by atoms with Gasteiger partial charge in [-0.1, -0.05) is 42.5 Å². The number of aromatic nitrogens is 2. The topological polar surface area (TPSA) is 142 Å². The monoisotopic (exact) mass is 480 g/mol. The van der Waals surface area contributed by atoms with Gasteiger partial charge >= 0.3 is 12.1 Å². The van der Waals surface area contributed by atoms with E-state index >= 15 is 0 Å². The molecule has 0 aliphatic carbocycles. The molecule has 10 nitrogen and oxygen atoms in total. The average Bonchev–Trinajstić information content (AvgIpc) is 2.91. The number of pyridine rings is 2. The molecule has 4 rings (SSSR count). The molecule has 2 aromatic heterocycles. The first-order valence-electron chi connectivity index (χ1n) is 10.8. The molecular weight excluding hydrogens is 460 g/mol. The molecule has 4 aromatic rings. The van der Waals surface area contributed by atoms with Crippen molar-refractivity contribution in [3.8, 4) is 11.4 Å². The van der Waals surface area contributed by atoms with E-state index in [0.29, 0.717) is 16.8 Å². The van der Waals surface area contributed by atoms with Crippen LogP contribution in [0.1, 0.15) is 20.7 Å². The summed E-state index contributed by atoms with van der Waals surface area (Å²) in [6, 6.07) is 21.3. The van der Waals surface area contributed by atoms with Crippen LogP contribution in [0.2, 0.25) is 0 Å². The summed E-state index contributed by atoms with van der Waals surface area (Å²) in [5.74, 6) is -1.22. The van der Waals surface area contributed by atoms with Gasteiger partial charge in [-0.2, -0.15) is 0 Å². The zero-order valence-electron chi connectivity index (χ0n) is 18.8. The highest BCUT2D eigenvalue weighted by molar-refractivity contribution is 6.12. The molecule has 0 spiro atoms. The molecular formula is C26H20N6O4. The van der Waals surface area contributed by atoms with E-state index in [1.54, 1.807) is 85.1 Å². The number of urea groups is 2. The Morgan fingerprint density at radius 1 is 0.556 bits per heavy atom. The van der Waals surface area contributed by atoms with Gasteiger partial charge in [0.15, 0.2) is 0 Å². The summed E-state index contributed by atoms with van der Waals surface area (Å²) in [5, 5.41) is 9.58. The fraction of sp³-hybridized carbons (Fsp3) is 0. The Balaban J connectivity index is 1.57. The Morgan fingerprint density at radius 2 is 1.11 bits per heavy atom. The van der Waals surface area contributed by atoms with Crippen LogP contribution in [0.3, 0.4) is 0 Å². The number of amides is 6. The minimum Gasteiger partial charge on any atom is -0.306 e. The molecule has 2 heterocycles. The maximum atomic E-state index is 12.7. The number of rotatable bonds is 5. The number of benzene rings is 2. The molecule has 0 aliphatic rings. The van der Waals surface area contributed by atoms with Gasteiger partial charge in [-0.25, -0.2) is 9.59 Å². The number of nitrogens with zero attached hydrogens (tertiary/aromatic N) is 2. The third-order valence-corrected chi connectivity index (χ3v) is 4.87. The van der Waals surface area contributed by atoms with Crippen molar-refractivity contribution in [1.82, 2.24) is 20.6 Å². The van der Waals surface area contributed by atoms with Gasteiger partial charge in [-0.05, 0) is 42.5 Å². The maximum absolute atomic E-state index is 12.7. The van der Waals surface area contributed by atoms with Crippen molar-refractivity contribution in [2.24, 2.45) is 0 Å². The summed E-state index contributed by atoms with van der Waals surface area (Å²) in [5.41, 5.74) is 1.45. The Morgan fingerprint density at radius 3 is 1.67 bits per heavy atom. The lowest BCUT2D eigenvalue weighted by Gasteiger charge is -2.16. The Kier molecular flexibility index (Phi) is 7.37. The molecule has 0 saturated carbocycles. The lowest BCUT2D eigenvalue weighted by atomic mass is 10.2. The first-order chi connectivity index (χ1) is 17.5. The van der Waals surface area contributed by atoms with Gasteiger partial charge in [0, 0.05) is 23.5 Å². The van der Waals surface area contributed by atoms with Crippen molar-refractivity contribution in [3.05, 3.63) is 108 Å². The van der Waals surface area contributed by atoms with Crippen molar-refractivity contribution in [3.63, 3.8) is 0 Å². The molecule has 0 aliphatic heterocycles. The van der Waals surface area contributed by atoms with Crippen LogP contribution in [0.15, 0.2) is 97.3 Å². The third-order valence-electron chi connectivity index (χ3n) is 4.87. The number of carbonyl (C=O) groups excluding carboxylic acids is 4. The van der Waals surface area contributed by atoms with Crippen LogP contribution in [0.5, 0.6) is 0 Å². The predicted molar refractivity (Wildman–Crippen MR) is 133 cm³/mol. The van der Waals surface area contributed by atoms with Crippen LogP contribution in [0.4, 0.5) is 21.0 Å². The van der Waals surface area contributed by atoms with Crippen LogP contribution in [0.25, 0.3) is 11.4 Å². The lowest BCUT2D eigenvalue weighted by molar-refractivity contribution is 0.0957. The van der Waals surface area contributed by atoms with Crippen LogP contribution < -0.4 is 21.3 Å². The Hall–Kier alpha value is -5.38. The normalized spacial score (nSPS) is 10.1. The number of hydrogen-bond donors (Lipinski definition) is 4. The van der Waals surface area contributed by atoms with Gasteiger partial charge < -0.3 is 10.6 Å². The van der Waals surface area contributed by atoms with Crippen molar-refractivity contribution in [2.75, 3.05) is 10.6 Å². The van der Waals surface area contributed by atoms with Crippen LogP contribution in [0, 0.1) is 0 Å². The van der Waals surface area contributed by atoms with Crippen LogP contribution in [-0.2, 0) is 0 Å². The van der Waals surface area contributed by atoms with E-state index in [1.165, 1.54) is 12.3 Å². The number of nitrogens with one attached hydrogen (secondary N) is 4. The van der Waals surface area contributed by atoms with Gasteiger partial charge in [0.2, 0.25) is 0 Å². The minimum absolute atomic E-state index is 0.0804. The van der Waals surface area contributed by atoms with E-state index < -0.39 is 23.9 Å². The van der Waals surface area contributed by atoms with Crippen molar-refractivity contribution < 1.29 is 19.2 Å². The SMILES string of the molecule is O=C(NC(=O)c1ccccc1)Nc1ccnc(-c2ccccn2)c1NC(=O)NC(=O)c1ccccc1. The summed E-state index contributed by atoms with van der Waals surface area (Å²) in [4.78, 5) is 58.6. The summed E-state index contributed by atoms with van der Waals surface area (Å²) in [6.45, 7) is 0. The van der Waals surface area contributed by atoms with Crippen LogP contribution >= 0.6 is 0 Å². The molecule has 178 valence electrons. The Labute approximate surface area is 205 Å². The largest absolute Gasteiger partial charge is 0.326 e. The van der Waals surface area contributed by atoms with Crippen molar-refractivity contribution in [1.29, 1.82) is 0 Å². The van der Waals surface area contributed by atoms with Gasteiger partial charge in [0.25, 0.3) is 11.8 Å². The van der Waals surface area contributed by atoms with E-state index in [-0.39, 0.29) is 17.1 Å². The quantitative estimate of drug-likeness (QED) is 0.339. The second kappa shape index (κ2) is 11.2. The highest BCUT2D eigenvalue weighted by Gasteiger charge is 2.19. The van der Waals surface area contributed by atoms with E-state index in [1.807, 2.05) is 0 Å². The number of anilines is 2. The highest BCUT2D eigenvalue weighted by atomic mass is 16.2. The highest BCUT2D eigenvalue weighted by Crippen LogP contribution is 2.31. The molecule has 36 heavy (non-hydrogen) atoms. The van der Waals surface area contributed by atoms with Gasteiger partial charge in [0.05, 0.1) is 17.1 Å². The molecule has 4 N–H and O–H groups in total. The first-order valence-corrected chi connectivity index (χ1v) is 10.8. The predicted octanol–water partition coefficient (Wildman–Crippen LogP) is 4.07. The second-order valence-corrected chi connectivity index (χ2v) is 7.35. The number of hydrogen-bond acceptors (Lipinski definition) is 6. The molecule has 2 aromatic carbocycles. The zero-order valence-corrected chi connectivity index (χ0v) is 18.8. The van der Waals surface area contributed by atoms with E-state index in [0.717, 1.165) is 0 Å². The van der Waals surface area contributed by atoms with Gasteiger partial charge in [-0.15, -0.1) is 0 Å². The molecule has 0 saturated heterocycles. The number of imide groups is 2. The minimum atomic E-state index is -0.849. The summed E-state index contributed by atoms with van der Waals surface area (Å²) >= 11 is 0. The van der Waals surface area contributed by atoms with E-state index in [9.17, 15) is 19.2 Å². The standard InChI is InChI=1S/C26H20N6O4/c33-23(17-9-3-1-4-10-17)31-25(35)29-20-14-16-28-21(19-13-7-8-15-27-19)22(20)30-26(36)32-24(34)18-11-5-2-6-12-18/h1-16H,(H2,30,32,34,36)(H2,28,29,31,33,35). The summed E-state index contributed by atoms with van der Waals surface area (Å²) < 4.78 is 0. The summed E-state index contributed by atoms with van der Waals surface area (Å²) in [7, 11) is 0. The Bertz CT molecular complexity index is 1400. The molecule has 6 amide bonds.